The molecule has 0 spiro atoms. The summed E-state index contributed by atoms with van der Waals surface area (Å²) < 4.78 is 11.5. The third kappa shape index (κ3) is 7.37. The molecule has 0 saturated carbocycles. The lowest BCUT2D eigenvalue weighted by Gasteiger charge is -2.19. The highest BCUT2D eigenvalue weighted by Gasteiger charge is 2.44. The Balaban J connectivity index is 0.000000177. The first-order valence-corrected chi connectivity index (χ1v) is 19.5. The van der Waals surface area contributed by atoms with Gasteiger partial charge in [-0.25, -0.2) is 9.97 Å². The molecule has 4 aromatic rings. The zero-order chi connectivity index (χ0) is 41.9. The van der Waals surface area contributed by atoms with E-state index in [-0.39, 0.29) is 36.1 Å². The topological polar surface area (TPSA) is 252 Å². The van der Waals surface area contributed by atoms with E-state index in [1.54, 1.807) is 64.3 Å². The number of likely N-dealkylation sites (N-methyl/N-ethyl adjacent to an activating group) is 2. The molecule has 18 heteroatoms. The molecular formula is C40H38N6O10S2. The van der Waals surface area contributed by atoms with Crippen LogP contribution in [0.5, 0.6) is 11.5 Å². The zero-order valence-corrected chi connectivity index (χ0v) is 33.3. The lowest BCUT2D eigenvalue weighted by atomic mass is 9.99. The van der Waals surface area contributed by atoms with Gasteiger partial charge in [-0.2, -0.15) is 0 Å². The summed E-state index contributed by atoms with van der Waals surface area (Å²) in [4.78, 5) is 59.9. The van der Waals surface area contributed by atoms with E-state index in [0.29, 0.717) is 68.0 Å². The molecule has 0 aliphatic carbocycles. The van der Waals surface area contributed by atoms with Crippen LogP contribution in [0.25, 0.3) is 22.5 Å². The molecule has 0 bridgehead atoms. The van der Waals surface area contributed by atoms with Gasteiger partial charge < -0.3 is 51.2 Å². The molecule has 4 aliphatic heterocycles. The molecule has 16 nitrogen and oxygen atoms in total. The smallest absolute Gasteiger partial charge is 0.277 e. The molecule has 2 aromatic heterocycles. The Hall–Kier alpha value is -5.86. The van der Waals surface area contributed by atoms with E-state index in [9.17, 15) is 39.6 Å². The van der Waals surface area contributed by atoms with Crippen molar-refractivity contribution in [3.8, 4) is 57.7 Å². The second-order valence-electron chi connectivity index (χ2n) is 14.8. The summed E-state index contributed by atoms with van der Waals surface area (Å²) in [7, 11) is 3.24. The molecule has 2 saturated heterocycles. The number of benzene rings is 2. The summed E-state index contributed by atoms with van der Waals surface area (Å²) >= 11 is 2.05. The number of likely N-dealkylation sites (tertiary alicyclic amines) is 2. The number of hydrogen-bond donors (Lipinski definition) is 6. The van der Waals surface area contributed by atoms with Crippen molar-refractivity contribution in [3.63, 3.8) is 0 Å². The highest BCUT2D eigenvalue weighted by Crippen LogP contribution is 2.45. The van der Waals surface area contributed by atoms with Crippen molar-refractivity contribution < 1.29 is 49.1 Å². The predicted molar refractivity (Wildman–Crippen MR) is 210 cm³/mol. The number of nitrogens with zero attached hydrogens (tertiary/aromatic N) is 4. The highest BCUT2D eigenvalue weighted by molar-refractivity contribution is 7.14. The van der Waals surface area contributed by atoms with Crippen molar-refractivity contribution in [1.29, 1.82) is 0 Å². The fraction of sp³-hybridized carbons (Fsp3) is 0.350. The maximum atomic E-state index is 12.1. The molecular weight excluding hydrogens is 789 g/mol. The normalized spacial score (nSPS) is 25.4. The molecule has 4 aliphatic rings. The van der Waals surface area contributed by atoms with Gasteiger partial charge in [0.2, 0.25) is 11.2 Å². The van der Waals surface area contributed by atoms with Crippen LogP contribution in [0, 0.1) is 23.7 Å². The predicted octanol–water partition coefficient (Wildman–Crippen LogP) is 0.907. The third-order valence-corrected chi connectivity index (χ3v) is 12.6. The number of fused-ring (bicyclic) bond motifs is 6. The Bertz CT molecular complexity index is 2370. The van der Waals surface area contributed by atoms with Crippen molar-refractivity contribution in [1.82, 2.24) is 19.8 Å². The van der Waals surface area contributed by atoms with E-state index in [4.69, 9.17) is 20.9 Å². The van der Waals surface area contributed by atoms with Gasteiger partial charge in [-0.3, -0.25) is 19.2 Å². The number of primary amides is 2. The number of carbonyl (C=O) groups excluding carboxylic acids is 4. The number of amides is 4. The lowest BCUT2D eigenvalue weighted by Crippen LogP contribution is -2.37. The van der Waals surface area contributed by atoms with Crippen LogP contribution in [-0.4, -0.2) is 115 Å². The highest BCUT2D eigenvalue weighted by atomic mass is 32.1. The lowest BCUT2D eigenvalue weighted by molar-refractivity contribution is -0.138. The zero-order valence-electron chi connectivity index (χ0n) is 31.7. The number of thiazole rings is 2. The number of carbonyl (C=O) groups is 4. The molecule has 2 fully saturated rings. The molecule has 58 heavy (non-hydrogen) atoms. The van der Waals surface area contributed by atoms with E-state index in [2.05, 4.69) is 33.6 Å². The van der Waals surface area contributed by atoms with E-state index >= 15 is 0 Å². The monoisotopic (exact) mass is 826 g/mol. The number of aliphatic hydroxyl groups is 4. The van der Waals surface area contributed by atoms with Crippen LogP contribution < -0.4 is 20.9 Å². The first-order valence-electron chi connectivity index (χ1n) is 17.8. The van der Waals surface area contributed by atoms with Gasteiger partial charge in [0.25, 0.3) is 23.6 Å². The molecule has 2 aromatic carbocycles. The fourth-order valence-electron chi connectivity index (χ4n) is 6.64. The number of ether oxygens (including phenoxy) is 2. The molecule has 6 heterocycles. The molecule has 8 N–H and O–H groups in total. The Morgan fingerprint density at radius 2 is 1.09 bits per heavy atom. The van der Waals surface area contributed by atoms with Gasteiger partial charge in [0.1, 0.15) is 35.9 Å². The minimum Gasteiger partial charge on any atom is -0.489 e. The van der Waals surface area contributed by atoms with E-state index < -0.39 is 46.0 Å². The molecule has 4 atom stereocenters. The second kappa shape index (κ2) is 14.5. The minimum atomic E-state index is -1.70. The van der Waals surface area contributed by atoms with Gasteiger partial charge in [-0.15, -0.1) is 22.7 Å². The summed E-state index contributed by atoms with van der Waals surface area (Å²) in [6, 6.07) is 10.1. The van der Waals surface area contributed by atoms with Crippen LogP contribution in [0.2, 0.25) is 0 Å². The van der Waals surface area contributed by atoms with Crippen LogP contribution in [0.3, 0.4) is 0 Å². The molecule has 0 radical (unpaired) electrons. The summed E-state index contributed by atoms with van der Waals surface area (Å²) in [6.07, 6.45) is 0.481. The van der Waals surface area contributed by atoms with E-state index in [0.717, 1.165) is 22.7 Å². The van der Waals surface area contributed by atoms with Crippen LogP contribution in [0.1, 0.15) is 67.2 Å². The van der Waals surface area contributed by atoms with Crippen molar-refractivity contribution in [2.24, 2.45) is 11.5 Å². The average molecular weight is 827 g/mol. The number of hydrogen-bond acceptors (Lipinski definition) is 14. The van der Waals surface area contributed by atoms with Crippen molar-refractivity contribution >= 4 is 46.3 Å². The van der Waals surface area contributed by atoms with Crippen LogP contribution in [-0.2, 0) is 20.8 Å². The first-order chi connectivity index (χ1) is 27.2. The van der Waals surface area contributed by atoms with Crippen molar-refractivity contribution in [2.45, 2.75) is 49.1 Å². The second-order valence-corrected chi connectivity index (χ2v) is 16.8. The molecule has 8 rings (SSSR count). The van der Waals surface area contributed by atoms with Gasteiger partial charge in [0, 0.05) is 62.3 Å². The quantitative estimate of drug-likeness (QED) is 0.154. The summed E-state index contributed by atoms with van der Waals surface area (Å²) in [6.45, 7) is 4.01. The van der Waals surface area contributed by atoms with Crippen LogP contribution in [0.15, 0.2) is 36.4 Å². The number of rotatable bonds is 2. The third-order valence-electron chi connectivity index (χ3n) is 9.99. The van der Waals surface area contributed by atoms with E-state index in [1.165, 1.54) is 9.80 Å². The van der Waals surface area contributed by atoms with Gasteiger partial charge in [0.05, 0.1) is 21.1 Å². The number of nitrogens with two attached hydrogens (primary N) is 2. The van der Waals surface area contributed by atoms with Crippen molar-refractivity contribution in [3.05, 3.63) is 67.3 Å². The Morgan fingerprint density at radius 3 is 1.41 bits per heavy atom. The first kappa shape index (κ1) is 40.3. The fourth-order valence-corrected chi connectivity index (χ4v) is 8.57. The Morgan fingerprint density at radius 1 is 0.707 bits per heavy atom. The van der Waals surface area contributed by atoms with Crippen molar-refractivity contribution in [2.75, 3.05) is 40.4 Å². The maximum Gasteiger partial charge on any atom is 0.277 e. The summed E-state index contributed by atoms with van der Waals surface area (Å²) in [5, 5.41) is 42.7. The minimum absolute atomic E-state index is 0.0149. The van der Waals surface area contributed by atoms with Gasteiger partial charge >= 0.3 is 0 Å². The van der Waals surface area contributed by atoms with E-state index in [1.807, 2.05) is 0 Å². The molecule has 4 amide bonds. The maximum absolute atomic E-state index is 12.1. The average Bonchev–Trinajstić information content (AvgIpc) is 3.94. The summed E-state index contributed by atoms with van der Waals surface area (Å²) in [5.41, 5.74) is 7.62. The Labute approximate surface area is 340 Å². The van der Waals surface area contributed by atoms with Crippen LogP contribution in [0.4, 0.5) is 0 Å². The van der Waals surface area contributed by atoms with Gasteiger partial charge in [0.15, 0.2) is 10.0 Å². The van der Waals surface area contributed by atoms with Gasteiger partial charge in [-0.1, -0.05) is 23.7 Å². The molecule has 300 valence electrons. The Kier molecular flexibility index (Phi) is 10.1. The SMILES string of the molecule is CN1CC[C@@](O)(C#Cc2ccc3c(c2)-c2nc(C(N)=O)sc2[C@@](C)(O)CO3)C1=O.CN1CC[C@@](O)(C#Cc2ccc3c(c2)-c2nc(C(N)=O)sc2[C@](C)(O)CO3)C1=O. The number of aromatic nitrogens is 2. The van der Waals surface area contributed by atoms with Gasteiger partial charge in [-0.05, 0) is 50.2 Å². The van der Waals surface area contributed by atoms with Crippen LogP contribution >= 0.6 is 22.7 Å². The largest absolute Gasteiger partial charge is 0.489 e. The standard InChI is InChI=1S/2C20H19N3O5S/c2*1-19(26)10-28-13-4-3-11(5-6-20(27)7-8-23(2)18(20)25)9-12(13)14-15(19)29-17(22-14)16(21)24/h2*3-4,9,26-27H,7-8,10H2,1-2H3,(H2,21,24)/t19-,20+;19-,20-/m10/s1. The molecule has 0 unspecified atom stereocenters. The summed E-state index contributed by atoms with van der Waals surface area (Å²) in [5.74, 6) is 9.79.